The zero-order valence-electron chi connectivity index (χ0n) is 12.9. The van der Waals surface area contributed by atoms with E-state index in [1.54, 1.807) is 23.6 Å². The number of methoxy groups -OCH3 is 1. The molecule has 0 radical (unpaired) electrons. The van der Waals surface area contributed by atoms with E-state index in [1.807, 2.05) is 22.9 Å². The molecule has 0 spiro atoms. The van der Waals surface area contributed by atoms with Crippen LogP contribution in [0.4, 0.5) is 5.13 Å². The van der Waals surface area contributed by atoms with E-state index in [-0.39, 0.29) is 5.91 Å². The Hall–Kier alpha value is -2.45. The number of hydrogen-bond acceptors (Lipinski definition) is 6. The lowest BCUT2D eigenvalue weighted by Gasteiger charge is -2.00. The summed E-state index contributed by atoms with van der Waals surface area (Å²) in [6.07, 6.45) is 2.83. The monoisotopic (exact) mass is 361 g/mol. The molecule has 1 amide bonds. The molecule has 6 nitrogen and oxygen atoms in total. The Labute approximate surface area is 146 Å². The summed E-state index contributed by atoms with van der Waals surface area (Å²) in [5.74, 6) is -0.493. The summed E-state index contributed by atoms with van der Waals surface area (Å²) in [6, 6.07) is 5.66. The Morgan fingerprint density at radius 3 is 3.00 bits per heavy atom. The molecular weight excluding hydrogens is 346 g/mol. The van der Waals surface area contributed by atoms with E-state index in [9.17, 15) is 9.59 Å². The second kappa shape index (κ2) is 7.41. The third-order valence-electron chi connectivity index (χ3n) is 3.31. The second-order valence-corrected chi connectivity index (χ2v) is 6.85. The van der Waals surface area contributed by atoms with Crippen LogP contribution < -0.4 is 5.32 Å². The predicted octanol–water partition coefficient (Wildman–Crippen LogP) is 3.56. The summed E-state index contributed by atoms with van der Waals surface area (Å²) in [5, 5.41) is 7.18. The number of esters is 1. The Balaban J connectivity index is 1.59. The summed E-state index contributed by atoms with van der Waals surface area (Å²) >= 11 is 2.99. The van der Waals surface area contributed by atoms with Gasteiger partial charge < -0.3 is 15.0 Å². The first-order chi connectivity index (χ1) is 11.7. The fourth-order valence-electron chi connectivity index (χ4n) is 2.11. The van der Waals surface area contributed by atoms with Gasteiger partial charge in [-0.1, -0.05) is 6.07 Å². The number of nitrogens with one attached hydrogen (secondary N) is 2. The fourth-order valence-corrected chi connectivity index (χ4v) is 3.55. The van der Waals surface area contributed by atoms with Crippen molar-refractivity contribution < 1.29 is 14.3 Å². The standard InChI is InChI=1S/C16H15N3O3S2/c1-22-15(21)12-7-10(8-17-12)13-9-24-16(18-13)19-14(20)5-4-11-3-2-6-23-11/h2-3,6-9,17H,4-5H2,1H3,(H,18,19,20). The van der Waals surface area contributed by atoms with Crippen molar-refractivity contribution in [1.82, 2.24) is 9.97 Å². The molecule has 0 aromatic carbocycles. The van der Waals surface area contributed by atoms with Gasteiger partial charge in [0.15, 0.2) is 5.13 Å². The van der Waals surface area contributed by atoms with Crippen molar-refractivity contribution in [3.05, 3.63) is 45.7 Å². The highest BCUT2D eigenvalue weighted by atomic mass is 32.1. The minimum Gasteiger partial charge on any atom is -0.464 e. The highest BCUT2D eigenvalue weighted by Gasteiger charge is 2.13. The Morgan fingerprint density at radius 1 is 1.38 bits per heavy atom. The van der Waals surface area contributed by atoms with Crippen LogP contribution in [-0.2, 0) is 16.0 Å². The molecule has 8 heteroatoms. The van der Waals surface area contributed by atoms with E-state index in [1.165, 1.54) is 23.3 Å². The van der Waals surface area contributed by atoms with Crippen LogP contribution in [0.25, 0.3) is 11.3 Å². The molecule has 0 saturated heterocycles. The lowest BCUT2D eigenvalue weighted by atomic mass is 10.2. The van der Waals surface area contributed by atoms with Crippen LogP contribution in [0.5, 0.6) is 0 Å². The maximum atomic E-state index is 12.0. The molecule has 0 unspecified atom stereocenters. The first kappa shape index (κ1) is 16.4. The van der Waals surface area contributed by atoms with E-state index in [2.05, 4.69) is 20.0 Å². The second-order valence-electron chi connectivity index (χ2n) is 4.96. The summed E-state index contributed by atoms with van der Waals surface area (Å²) < 4.78 is 4.66. The first-order valence-corrected chi connectivity index (χ1v) is 8.96. The number of carbonyl (C=O) groups is 2. The van der Waals surface area contributed by atoms with Gasteiger partial charge in [-0.05, 0) is 23.9 Å². The smallest absolute Gasteiger partial charge is 0.354 e. The molecule has 3 heterocycles. The van der Waals surface area contributed by atoms with Crippen molar-refractivity contribution in [2.45, 2.75) is 12.8 Å². The van der Waals surface area contributed by atoms with Crippen LogP contribution in [0.1, 0.15) is 21.8 Å². The topological polar surface area (TPSA) is 84.1 Å². The van der Waals surface area contributed by atoms with Crippen LogP contribution in [-0.4, -0.2) is 29.0 Å². The number of anilines is 1. The number of nitrogens with zero attached hydrogens (tertiary/aromatic N) is 1. The molecule has 3 aromatic rings. The van der Waals surface area contributed by atoms with Crippen molar-refractivity contribution in [2.24, 2.45) is 0 Å². The number of aromatic nitrogens is 2. The molecule has 3 aromatic heterocycles. The number of ether oxygens (including phenoxy) is 1. The average molecular weight is 361 g/mol. The number of aromatic amines is 1. The normalized spacial score (nSPS) is 10.5. The summed E-state index contributed by atoms with van der Waals surface area (Å²) in [6.45, 7) is 0. The molecule has 0 fully saturated rings. The molecule has 0 saturated carbocycles. The van der Waals surface area contributed by atoms with Crippen LogP contribution in [0.3, 0.4) is 0 Å². The first-order valence-electron chi connectivity index (χ1n) is 7.20. The van der Waals surface area contributed by atoms with E-state index in [0.717, 1.165) is 12.0 Å². The van der Waals surface area contributed by atoms with Crippen molar-refractivity contribution in [2.75, 3.05) is 12.4 Å². The van der Waals surface area contributed by atoms with Gasteiger partial charge in [0, 0.05) is 28.4 Å². The SMILES string of the molecule is COC(=O)c1cc(-c2csc(NC(=O)CCc3cccs3)n2)c[nH]1. The number of carbonyl (C=O) groups excluding carboxylic acids is 2. The summed E-state index contributed by atoms with van der Waals surface area (Å²) in [7, 11) is 1.33. The third-order valence-corrected chi connectivity index (χ3v) is 5.01. The van der Waals surface area contributed by atoms with Gasteiger partial charge in [-0.25, -0.2) is 9.78 Å². The highest BCUT2D eigenvalue weighted by Crippen LogP contribution is 2.26. The quantitative estimate of drug-likeness (QED) is 0.658. The molecule has 0 atom stereocenters. The van der Waals surface area contributed by atoms with Gasteiger partial charge >= 0.3 is 5.97 Å². The predicted molar refractivity (Wildman–Crippen MR) is 94.5 cm³/mol. The van der Waals surface area contributed by atoms with E-state index in [4.69, 9.17) is 0 Å². The van der Waals surface area contributed by atoms with Crippen molar-refractivity contribution >= 4 is 39.7 Å². The Kier molecular flexibility index (Phi) is 5.07. The summed E-state index contributed by atoms with van der Waals surface area (Å²) in [4.78, 5) is 31.8. The zero-order valence-corrected chi connectivity index (χ0v) is 14.5. The molecule has 124 valence electrons. The number of H-pyrrole nitrogens is 1. The number of aryl methyl sites for hydroxylation is 1. The molecule has 0 aliphatic rings. The van der Waals surface area contributed by atoms with E-state index >= 15 is 0 Å². The highest BCUT2D eigenvalue weighted by molar-refractivity contribution is 7.14. The Bertz CT molecular complexity index is 837. The number of amides is 1. The van der Waals surface area contributed by atoms with Gasteiger partial charge in [-0.15, -0.1) is 22.7 Å². The third kappa shape index (κ3) is 3.90. The lowest BCUT2D eigenvalue weighted by molar-refractivity contribution is -0.116. The van der Waals surface area contributed by atoms with Gasteiger partial charge in [0.2, 0.25) is 5.91 Å². The van der Waals surface area contributed by atoms with Crippen LogP contribution in [0.15, 0.2) is 35.2 Å². The van der Waals surface area contributed by atoms with Crippen LogP contribution >= 0.6 is 22.7 Å². The molecule has 0 aliphatic carbocycles. The van der Waals surface area contributed by atoms with Crippen molar-refractivity contribution in [1.29, 1.82) is 0 Å². The molecule has 2 N–H and O–H groups in total. The van der Waals surface area contributed by atoms with Gasteiger partial charge in [0.05, 0.1) is 12.8 Å². The molecular formula is C16H15N3O3S2. The molecule has 0 bridgehead atoms. The maximum Gasteiger partial charge on any atom is 0.354 e. The number of hydrogen-bond donors (Lipinski definition) is 2. The molecule has 0 aliphatic heterocycles. The maximum absolute atomic E-state index is 12.0. The Morgan fingerprint density at radius 2 is 2.25 bits per heavy atom. The number of thiazole rings is 1. The van der Waals surface area contributed by atoms with Gasteiger partial charge in [0.25, 0.3) is 0 Å². The van der Waals surface area contributed by atoms with Gasteiger partial charge in [-0.2, -0.15) is 0 Å². The van der Waals surface area contributed by atoms with Crippen LogP contribution in [0, 0.1) is 0 Å². The minimum atomic E-state index is -0.432. The lowest BCUT2D eigenvalue weighted by Crippen LogP contribution is -2.11. The van der Waals surface area contributed by atoms with Gasteiger partial charge in [0.1, 0.15) is 5.69 Å². The number of rotatable bonds is 6. The van der Waals surface area contributed by atoms with Gasteiger partial charge in [-0.3, -0.25) is 4.79 Å². The van der Waals surface area contributed by atoms with E-state index < -0.39 is 5.97 Å². The van der Waals surface area contributed by atoms with Crippen molar-refractivity contribution in [3.63, 3.8) is 0 Å². The summed E-state index contributed by atoms with van der Waals surface area (Å²) in [5.41, 5.74) is 1.83. The minimum absolute atomic E-state index is 0.0615. The fraction of sp³-hybridized carbons (Fsp3) is 0.188. The van der Waals surface area contributed by atoms with E-state index in [0.29, 0.717) is 22.9 Å². The van der Waals surface area contributed by atoms with Crippen molar-refractivity contribution in [3.8, 4) is 11.3 Å². The molecule has 24 heavy (non-hydrogen) atoms. The number of thiophene rings is 1. The zero-order chi connectivity index (χ0) is 16.9. The molecule has 3 rings (SSSR count). The largest absolute Gasteiger partial charge is 0.464 e. The average Bonchev–Trinajstić information content (AvgIpc) is 3.32. The van der Waals surface area contributed by atoms with Crippen LogP contribution in [0.2, 0.25) is 0 Å².